The van der Waals surface area contributed by atoms with E-state index in [0.717, 1.165) is 36.7 Å². The lowest BCUT2D eigenvalue weighted by Crippen LogP contribution is -2.44. The van der Waals surface area contributed by atoms with Crippen LogP contribution in [0.4, 0.5) is 0 Å². The molecule has 1 aliphatic rings. The summed E-state index contributed by atoms with van der Waals surface area (Å²) < 4.78 is 10.8. The molecule has 0 aliphatic carbocycles. The number of allylic oxidation sites excluding steroid dienone is 2. The van der Waals surface area contributed by atoms with Crippen LogP contribution in [0.2, 0.25) is 0 Å². The Balaban J connectivity index is 2.85. The Morgan fingerprint density at radius 3 is 2.61 bits per heavy atom. The normalized spacial score (nSPS) is 19.4. The van der Waals surface area contributed by atoms with Crippen molar-refractivity contribution >= 4 is 5.90 Å². The van der Waals surface area contributed by atoms with E-state index in [1.807, 2.05) is 6.08 Å². The van der Waals surface area contributed by atoms with Crippen molar-refractivity contribution in [3.05, 3.63) is 24.2 Å². The first-order valence-electron chi connectivity index (χ1n) is 6.41. The third kappa shape index (κ3) is 3.52. The predicted molar refractivity (Wildman–Crippen MR) is 74.3 cm³/mol. The van der Waals surface area contributed by atoms with Crippen LogP contribution in [-0.4, -0.2) is 26.2 Å². The summed E-state index contributed by atoms with van der Waals surface area (Å²) in [5.74, 6) is 1.89. The van der Waals surface area contributed by atoms with Gasteiger partial charge in [-0.1, -0.05) is 19.9 Å². The van der Waals surface area contributed by atoms with Gasteiger partial charge in [-0.05, 0) is 25.2 Å². The highest BCUT2D eigenvalue weighted by atomic mass is 16.5. The van der Waals surface area contributed by atoms with Gasteiger partial charge in [0.25, 0.3) is 0 Å². The lowest BCUT2D eigenvalue weighted by atomic mass is 10.0. The van der Waals surface area contributed by atoms with E-state index >= 15 is 0 Å². The molecule has 4 nitrogen and oxygen atoms in total. The van der Waals surface area contributed by atoms with Crippen LogP contribution in [-0.2, 0) is 9.47 Å². The van der Waals surface area contributed by atoms with E-state index in [-0.39, 0.29) is 6.04 Å². The number of hydrogen-bond acceptors (Lipinski definition) is 4. The molecule has 0 aromatic carbocycles. The zero-order valence-electron chi connectivity index (χ0n) is 11.8. The van der Waals surface area contributed by atoms with Crippen LogP contribution in [0.5, 0.6) is 0 Å². The molecule has 1 heterocycles. The number of nitrogens with one attached hydrogen (secondary N) is 1. The number of ether oxygens (including phenoxy) is 2. The summed E-state index contributed by atoms with van der Waals surface area (Å²) >= 11 is 0. The molecule has 102 valence electrons. The van der Waals surface area contributed by atoms with Gasteiger partial charge in [0.2, 0.25) is 11.8 Å². The highest BCUT2D eigenvalue weighted by Gasteiger charge is 2.27. The van der Waals surface area contributed by atoms with Crippen molar-refractivity contribution in [3.8, 4) is 0 Å². The second-order valence-electron chi connectivity index (χ2n) is 4.68. The third-order valence-electron chi connectivity index (χ3n) is 2.96. The second kappa shape index (κ2) is 7.09. The van der Waals surface area contributed by atoms with E-state index in [1.54, 1.807) is 14.2 Å². The van der Waals surface area contributed by atoms with E-state index in [1.165, 1.54) is 0 Å². The Morgan fingerprint density at radius 2 is 2.11 bits per heavy atom. The van der Waals surface area contributed by atoms with Crippen molar-refractivity contribution in [3.63, 3.8) is 0 Å². The fourth-order valence-corrected chi connectivity index (χ4v) is 1.92. The van der Waals surface area contributed by atoms with E-state index in [2.05, 4.69) is 30.7 Å². The fraction of sp³-hybridized carbons (Fsp3) is 0.643. The van der Waals surface area contributed by atoms with Crippen LogP contribution in [0.25, 0.3) is 0 Å². The van der Waals surface area contributed by atoms with Gasteiger partial charge < -0.3 is 14.8 Å². The molecule has 0 fully saturated rings. The van der Waals surface area contributed by atoms with Gasteiger partial charge >= 0.3 is 0 Å². The predicted octanol–water partition coefficient (Wildman–Crippen LogP) is 2.83. The number of nitrogens with zero attached hydrogens (tertiary/aromatic N) is 1. The van der Waals surface area contributed by atoms with Crippen LogP contribution < -0.4 is 5.32 Å². The maximum atomic E-state index is 5.39. The number of hydrogen-bond donors (Lipinski definition) is 1. The number of unbranched alkanes of at least 4 members (excludes halogenated alkanes) is 1. The zero-order chi connectivity index (χ0) is 13.5. The van der Waals surface area contributed by atoms with Gasteiger partial charge in [-0.2, -0.15) is 0 Å². The molecule has 0 saturated heterocycles. The Kier molecular flexibility index (Phi) is 5.75. The van der Waals surface area contributed by atoms with E-state index in [0.29, 0.717) is 5.92 Å². The van der Waals surface area contributed by atoms with Crippen molar-refractivity contribution in [2.24, 2.45) is 10.9 Å². The molecule has 0 radical (unpaired) electrons. The Morgan fingerprint density at radius 1 is 1.39 bits per heavy atom. The van der Waals surface area contributed by atoms with Crippen LogP contribution in [0.1, 0.15) is 33.1 Å². The topological polar surface area (TPSA) is 42.8 Å². The summed E-state index contributed by atoms with van der Waals surface area (Å²) in [6.45, 7) is 7.98. The first-order chi connectivity index (χ1) is 8.63. The Labute approximate surface area is 110 Å². The van der Waals surface area contributed by atoms with Gasteiger partial charge in [-0.3, -0.25) is 0 Å². The van der Waals surface area contributed by atoms with Gasteiger partial charge in [0.15, 0.2) is 0 Å². The summed E-state index contributed by atoms with van der Waals surface area (Å²) in [5, 5.41) is 3.36. The highest BCUT2D eigenvalue weighted by Crippen LogP contribution is 2.21. The minimum absolute atomic E-state index is 0.0769. The highest BCUT2D eigenvalue weighted by molar-refractivity contribution is 5.84. The standard InChI is InChI=1S/C14H24N2O2/c1-6-7-8-9-11-13(17-4)16-12(10(2)3)14(15-11)18-5/h6,10,12,16H,1,7-9H2,2-5H3. The summed E-state index contributed by atoms with van der Waals surface area (Å²) in [5.41, 5.74) is 0.924. The summed E-state index contributed by atoms with van der Waals surface area (Å²) in [6.07, 6.45) is 4.77. The number of methoxy groups -OCH3 is 2. The molecular formula is C14H24N2O2. The molecule has 1 N–H and O–H groups in total. The van der Waals surface area contributed by atoms with Crippen LogP contribution in [0, 0.1) is 5.92 Å². The van der Waals surface area contributed by atoms with Crippen molar-refractivity contribution in [2.75, 3.05) is 14.2 Å². The first-order valence-corrected chi connectivity index (χ1v) is 6.41. The second-order valence-corrected chi connectivity index (χ2v) is 4.68. The van der Waals surface area contributed by atoms with Gasteiger partial charge in [-0.15, -0.1) is 6.58 Å². The first kappa shape index (κ1) is 14.6. The molecular weight excluding hydrogens is 228 g/mol. The maximum absolute atomic E-state index is 5.39. The molecule has 0 spiro atoms. The van der Waals surface area contributed by atoms with Gasteiger partial charge in [0.1, 0.15) is 11.7 Å². The van der Waals surface area contributed by atoms with Gasteiger partial charge in [0.05, 0.1) is 14.2 Å². The fourth-order valence-electron chi connectivity index (χ4n) is 1.92. The number of aliphatic imine (C=N–C) groups is 1. The molecule has 1 rings (SSSR count). The van der Waals surface area contributed by atoms with Crippen LogP contribution in [0.15, 0.2) is 29.2 Å². The van der Waals surface area contributed by atoms with Gasteiger partial charge in [-0.25, -0.2) is 4.99 Å². The molecule has 0 amide bonds. The largest absolute Gasteiger partial charge is 0.483 e. The smallest absolute Gasteiger partial charge is 0.211 e. The summed E-state index contributed by atoms with van der Waals surface area (Å²) in [7, 11) is 3.33. The summed E-state index contributed by atoms with van der Waals surface area (Å²) in [6, 6.07) is 0.0769. The molecule has 0 aromatic rings. The molecule has 0 aromatic heterocycles. The minimum Gasteiger partial charge on any atom is -0.483 e. The van der Waals surface area contributed by atoms with Crippen LogP contribution >= 0.6 is 0 Å². The average molecular weight is 252 g/mol. The Hall–Kier alpha value is -1.45. The van der Waals surface area contributed by atoms with Crippen molar-refractivity contribution < 1.29 is 9.47 Å². The lowest BCUT2D eigenvalue weighted by molar-refractivity contribution is 0.227. The van der Waals surface area contributed by atoms with Crippen molar-refractivity contribution in [1.29, 1.82) is 0 Å². The van der Waals surface area contributed by atoms with Crippen molar-refractivity contribution in [1.82, 2.24) is 5.32 Å². The quantitative estimate of drug-likeness (QED) is 0.584. The molecule has 18 heavy (non-hydrogen) atoms. The van der Waals surface area contributed by atoms with E-state index < -0.39 is 0 Å². The third-order valence-corrected chi connectivity index (χ3v) is 2.96. The summed E-state index contributed by atoms with van der Waals surface area (Å²) in [4.78, 5) is 4.58. The number of rotatable bonds is 6. The monoisotopic (exact) mass is 252 g/mol. The minimum atomic E-state index is 0.0769. The maximum Gasteiger partial charge on any atom is 0.211 e. The van der Waals surface area contributed by atoms with Crippen LogP contribution in [0.3, 0.4) is 0 Å². The Bertz CT molecular complexity index is 346. The SMILES string of the molecule is C=CCCCC1=C(OC)NC(C(C)C)C(OC)=N1. The van der Waals surface area contributed by atoms with Gasteiger partial charge in [0, 0.05) is 0 Å². The molecule has 0 saturated carbocycles. The molecule has 1 unspecified atom stereocenters. The molecule has 1 aliphatic heterocycles. The molecule has 0 bridgehead atoms. The average Bonchev–Trinajstić information content (AvgIpc) is 2.38. The molecule has 1 atom stereocenters. The van der Waals surface area contributed by atoms with E-state index in [4.69, 9.17) is 9.47 Å². The zero-order valence-corrected chi connectivity index (χ0v) is 11.8. The van der Waals surface area contributed by atoms with E-state index in [9.17, 15) is 0 Å². The van der Waals surface area contributed by atoms with Crippen molar-refractivity contribution in [2.45, 2.75) is 39.2 Å². The molecule has 4 heteroatoms. The lowest BCUT2D eigenvalue weighted by Gasteiger charge is -2.29.